The zero-order valence-electron chi connectivity index (χ0n) is 14.7. The SMILES string of the molecule is CC(=O)N1CCN(Cc2c(-c3ccc(Cl)cc3)nc3ccccn23)CC1. The number of fused-ring (bicyclic) bond motifs is 1. The van der Waals surface area contributed by atoms with E-state index in [9.17, 15) is 4.79 Å². The maximum absolute atomic E-state index is 11.5. The largest absolute Gasteiger partial charge is 0.340 e. The van der Waals surface area contributed by atoms with Crippen molar-refractivity contribution in [2.24, 2.45) is 0 Å². The van der Waals surface area contributed by atoms with Crippen molar-refractivity contribution < 1.29 is 4.79 Å². The Labute approximate surface area is 157 Å². The highest BCUT2D eigenvalue weighted by molar-refractivity contribution is 6.30. The van der Waals surface area contributed by atoms with Crippen LogP contribution in [0.2, 0.25) is 5.02 Å². The Kier molecular flexibility index (Phi) is 4.66. The molecule has 5 nitrogen and oxygen atoms in total. The Hall–Kier alpha value is -2.37. The average Bonchev–Trinajstić information content (AvgIpc) is 3.01. The minimum absolute atomic E-state index is 0.154. The zero-order valence-corrected chi connectivity index (χ0v) is 15.5. The summed E-state index contributed by atoms with van der Waals surface area (Å²) in [5, 5.41) is 0.722. The fourth-order valence-corrected chi connectivity index (χ4v) is 3.60. The summed E-state index contributed by atoms with van der Waals surface area (Å²) >= 11 is 6.05. The Morgan fingerprint density at radius 2 is 1.81 bits per heavy atom. The van der Waals surface area contributed by atoms with E-state index >= 15 is 0 Å². The van der Waals surface area contributed by atoms with Crippen LogP contribution in [0.5, 0.6) is 0 Å². The third kappa shape index (κ3) is 3.32. The number of aromatic nitrogens is 2. The fraction of sp³-hybridized carbons (Fsp3) is 0.300. The highest BCUT2D eigenvalue weighted by atomic mass is 35.5. The van der Waals surface area contributed by atoms with Crippen LogP contribution < -0.4 is 0 Å². The van der Waals surface area contributed by atoms with Crippen LogP contribution in [0.1, 0.15) is 12.6 Å². The number of carbonyl (C=O) groups is 1. The number of hydrogen-bond acceptors (Lipinski definition) is 3. The molecule has 3 heterocycles. The molecule has 1 aliphatic heterocycles. The molecule has 1 amide bonds. The molecule has 1 aromatic carbocycles. The minimum atomic E-state index is 0.154. The van der Waals surface area contributed by atoms with Crippen LogP contribution in [-0.4, -0.2) is 51.3 Å². The van der Waals surface area contributed by atoms with Crippen LogP contribution in [0.4, 0.5) is 0 Å². The monoisotopic (exact) mass is 368 g/mol. The lowest BCUT2D eigenvalue weighted by atomic mass is 10.1. The van der Waals surface area contributed by atoms with Gasteiger partial charge in [0.2, 0.25) is 5.91 Å². The molecule has 0 bridgehead atoms. The Morgan fingerprint density at radius 1 is 1.08 bits per heavy atom. The summed E-state index contributed by atoms with van der Waals surface area (Å²) in [6, 6.07) is 13.9. The Bertz CT molecular complexity index is 927. The third-order valence-electron chi connectivity index (χ3n) is 4.94. The van der Waals surface area contributed by atoms with Gasteiger partial charge in [0, 0.05) is 56.4 Å². The summed E-state index contributed by atoms with van der Waals surface area (Å²) in [6.07, 6.45) is 2.06. The highest BCUT2D eigenvalue weighted by Crippen LogP contribution is 2.27. The molecule has 4 rings (SSSR count). The first-order chi connectivity index (χ1) is 12.6. The molecule has 0 unspecified atom stereocenters. The van der Waals surface area contributed by atoms with Crippen LogP contribution >= 0.6 is 11.6 Å². The number of piperazine rings is 1. The maximum atomic E-state index is 11.5. The number of amides is 1. The molecular formula is C20H21ClN4O. The van der Waals surface area contributed by atoms with Crippen LogP contribution in [0, 0.1) is 0 Å². The van der Waals surface area contributed by atoms with Gasteiger partial charge in [-0.15, -0.1) is 0 Å². The van der Waals surface area contributed by atoms with Gasteiger partial charge in [0.15, 0.2) is 0 Å². The average molecular weight is 369 g/mol. The van der Waals surface area contributed by atoms with Crippen molar-refractivity contribution in [1.82, 2.24) is 19.2 Å². The van der Waals surface area contributed by atoms with E-state index in [2.05, 4.69) is 15.5 Å². The van der Waals surface area contributed by atoms with Gasteiger partial charge in [0.05, 0.1) is 11.4 Å². The predicted octanol–water partition coefficient (Wildman–Crippen LogP) is 3.32. The summed E-state index contributed by atoms with van der Waals surface area (Å²) < 4.78 is 2.15. The molecule has 6 heteroatoms. The highest BCUT2D eigenvalue weighted by Gasteiger charge is 2.22. The van der Waals surface area contributed by atoms with Crippen molar-refractivity contribution in [3.63, 3.8) is 0 Å². The van der Waals surface area contributed by atoms with E-state index in [1.807, 2.05) is 47.4 Å². The standard InChI is InChI=1S/C20H21ClN4O/c1-15(26)24-12-10-23(11-13-24)14-18-20(16-5-7-17(21)8-6-16)22-19-4-2-3-9-25(18)19/h2-9H,10-14H2,1H3. The Balaban J connectivity index is 1.66. The lowest BCUT2D eigenvalue weighted by Gasteiger charge is -2.34. The van der Waals surface area contributed by atoms with Crippen molar-refractivity contribution >= 4 is 23.2 Å². The van der Waals surface area contributed by atoms with Crippen LogP contribution in [0.25, 0.3) is 16.9 Å². The minimum Gasteiger partial charge on any atom is -0.340 e. The molecule has 26 heavy (non-hydrogen) atoms. The molecule has 0 radical (unpaired) electrons. The number of hydrogen-bond donors (Lipinski definition) is 0. The van der Waals surface area contributed by atoms with Gasteiger partial charge in [-0.2, -0.15) is 0 Å². The van der Waals surface area contributed by atoms with Crippen molar-refractivity contribution in [3.8, 4) is 11.3 Å². The number of benzene rings is 1. The van der Waals surface area contributed by atoms with Gasteiger partial charge in [0.25, 0.3) is 0 Å². The third-order valence-corrected chi connectivity index (χ3v) is 5.19. The molecular weight excluding hydrogens is 348 g/mol. The van der Waals surface area contributed by atoms with Crippen molar-refractivity contribution in [2.75, 3.05) is 26.2 Å². The molecule has 1 saturated heterocycles. The van der Waals surface area contributed by atoms with Crippen LogP contribution in [0.3, 0.4) is 0 Å². The molecule has 0 aliphatic carbocycles. The Morgan fingerprint density at radius 3 is 2.50 bits per heavy atom. The topological polar surface area (TPSA) is 40.9 Å². The first kappa shape index (κ1) is 17.1. The normalized spacial score (nSPS) is 15.5. The smallest absolute Gasteiger partial charge is 0.219 e. The van der Waals surface area contributed by atoms with Crippen molar-refractivity contribution in [1.29, 1.82) is 0 Å². The van der Waals surface area contributed by atoms with Gasteiger partial charge in [-0.05, 0) is 24.3 Å². The van der Waals surface area contributed by atoms with Gasteiger partial charge in [-0.25, -0.2) is 4.98 Å². The van der Waals surface area contributed by atoms with Gasteiger partial charge in [-0.3, -0.25) is 9.69 Å². The number of pyridine rings is 1. The second kappa shape index (κ2) is 7.09. The summed E-state index contributed by atoms with van der Waals surface area (Å²) in [5.74, 6) is 0.154. The van der Waals surface area contributed by atoms with E-state index in [0.717, 1.165) is 54.7 Å². The van der Waals surface area contributed by atoms with E-state index in [0.29, 0.717) is 0 Å². The van der Waals surface area contributed by atoms with Gasteiger partial charge < -0.3 is 9.30 Å². The summed E-state index contributed by atoms with van der Waals surface area (Å²) in [6.45, 7) is 5.75. The number of carbonyl (C=O) groups excluding carboxylic acids is 1. The molecule has 1 fully saturated rings. The molecule has 3 aromatic rings. The lowest BCUT2D eigenvalue weighted by molar-refractivity contribution is -0.130. The van der Waals surface area contributed by atoms with Crippen LogP contribution in [0.15, 0.2) is 48.7 Å². The summed E-state index contributed by atoms with van der Waals surface area (Å²) in [4.78, 5) is 20.7. The zero-order chi connectivity index (χ0) is 18.1. The molecule has 1 aliphatic rings. The number of halogens is 1. The first-order valence-electron chi connectivity index (χ1n) is 8.81. The molecule has 0 saturated carbocycles. The molecule has 0 spiro atoms. The van der Waals surface area contributed by atoms with Gasteiger partial charge >= 0.3 is 0 Å². The van der Waals surface area contributed by atoms with E-state index < -0.39 is 0 Å². The van der Waals surface area contributed by atoms with Crippen molar-refractivity contribution in [3.05, 3.63) is 59.4 Å². The van der Waals surface area contributed by atoms with Gasteiger partial charge in [0.1, 0.15) is 5.65 Å². The van der Waals surface area contributed by atoms with Crippen LogP contribution in [-0.2, 0) is 11.3 Å². The number of imidazole rings is 1. The lowest BCUT2D eigenvalue weighted by Crippen LogP contribution is -2.47. The molecule has 0 atom stereocenters. The quantitative estimate of drug-likeness (QED) is 0.712. The fourth-order valence-electron chi connectivity index (χ4n) is 3.47. The summed E-state index contributed by atoms with van der Waals surface area (Å²) in [5.41, 5.74) is 4.16. The second-order valence-corrected chi connectivity index (χ2v) is 7.06. The summed E-state index contributed by atoms with van der Waals surface area (Å²) in [7, 11) is 0. The van der Waals surface area contributed by atoms with Gasteiger partial charge in [-0.1, -0.05) is 29.8 Å². The molecule has 134 valence electrons. The van der Waals surface area contributed by atoms with E-state index in [4.69, 9.17) is 16.6 Å². The predicted molar refractivity (Wildman–Crippen MR) is 103 cm³/mol. The first-order valence-corrected chi connectivity index (χ1v) is 9.19. The number of rotatable bonds is 3. The maximum Gasteiger partial charge on any atom is 0.219 e. The molecule has 0 N–H and O–H groups in total. The second-order valence-electron chi connectivity index (χ2n) is 6.63. The van der Waals surface area contributed by atoms with E-state index in [-0.39, 0.29) is 5.91 Å². The van der Waals surface area contributed by atoms with Crippen molar-refractivity contribution in [2.45, 2.75) is 13.5 Å². The van der Waals surface area contributed by atoms with E-state index in [1.165, 1.54) is 5.69 Å². The number of nitrogens with zero attached hydrogens (tertiary/aromatic N) is 4. The van der Waals surface area contributed by atoms with E-state index in [1.54, 1.807) is 6.92 Å². The molecule has 2 aromatic heterocycles.